The highest BCUT2D eigenvalue weighted by molar-refractivity contribution is 5.81. The molecule has 1 heterocycles. The molecule has 5 nitrogen and oxygen atoms in total. The number of benzene rings is 1. The number of hydrogen-bond acceptors (Lipinski definition) is 3. The Balaban J connectivity index is 2.44. The van der Waals surface area contributed by atoms with E-state index in [0.717, 1.165) is 17.5 Å². The van der Waals surface area contributed by atoms with Crippen LogP contribution < -0.4 is 0 Å². The molecule has 1 aromatic heterocycles. The molecule has 22 heavy (non-hydrogen) atoms. The third kappa shape index (κ3) is 3.11. The maximum atomic E-state index is 12.4. The monoisotopic (exact) mass is 298 g/mol. The van der Waals surface area contributed by atoms with Crippen LogP contribution in [-0.2, 0) is 24.2 Å². The van der Waals surface area contributed by atoms with Crippen LogP contribution in [0.5, 0.6) is 0 Å². The lowest BCUT2D eigenvalue weighted by atomic mass is 10.1. The number of aromatic nitrogens is 2. The van der Waals surface area contributed by atoms with Crippen molar-refractivity contribution >= 4 is 16.9 Å². The molecule has 0 fully saturated rings. The Labute approximate surface area is 131 Å². The van der Waals surface area contributed by atoms with E-state index >= 15 is 0 Å². The number of carbonyl (C=O) groups excluding carboxylic acids is 1. The van der Waals surface area contributed by atoms with Crippen molar-refractivity contribution in [1.82, 2.24) is 14.5 Å². The van der Waals surface area contributed by atoms with Gasteiger partial charge in [0.1, 0.15) is 12.4 Å². The minimum Gasteiger partial charge on any atom is -0.342 e. The molecule has 1 amide bonds. The predicted molar refractivity (Wildman–Crippen MR) is 86.4 cm³/mol. The van der Waals surface area contributed by atoms with Crippen LogP contribution in [0.15, 0.2) is 18.2 Å². The first-order valence-corrected chi connectivity index (χ1v) is 7.77. The molecule has 116 valence electrons. The van der Waals surface area contributed by atoms with Crippen LogP contribution >= 0.6 is 0 Å². The first-order valence-electron chi connectivity index (χ1n) is 7.77. The molecule has 0 spiro atoms. The van der Waals surface area contributed by atoms with Gasteiger partial charge in [-0.25, -0.2) is 4.98 Å². The molecule has 0 N–H and O–H groups in total. The molecule has 0 atom stereocenters. The third-order valence-electron chi connectivity index (χ3n) is 3.95. The number of carbonyl (C=O) groups is 1. The van der Waals surface area contributed by atoms with Crippen LogP contribution in [0, 0.1) is 11.3 Å². The average Bonchev–Trinajstić information content (AvgIpc) is 2.85. The van der Waals surface area contributed by atoms with Gasteiger partial charge < -0.3 is 9.47 Å². The van der Waals surface area contributed by atoms with Crippen molar-refractivity contribution in [2.75, 3.05) is 13.1 Å². The molecular formula is C17H22N4O. The maximum absolute atomic E-state index is 12.4. The minimum atomic E-state index is 0.0584. The highest BCUT2D eigenvalue weighted by Gasteiger charge is 2.16. The van der Waals surface area contributed by atoms with E-state index in [1.165, 1.54) is 5.56 Å². The van der Waals surface area contributed by atoms with E-state index < -0.39 is 0 Å². The molecule has 0 saturated heterocycles. The first kappa shape index (κ1) is 16.0. The van der Waals surface area contributed by atoms with Gasteiger partial charge in [0.25, 0.3) is 0 Å². The summed E-state index contributed by atoms with van der Waals surface area (Å²) in [5.41, 5.74) is 2.98. The summed E-state index contributed by atoms with van der Waals surface area (Å²) < 4.78 is 1.87. The molecule has 0 aliphatic rings. The van der Waals surface area contributed by atoms with E-state index in [2.05, 4.69) is 24.0 Å². The molecule has 1 aromatic carbocycles. The normalized spacial score (nSPS) is 10.6. The quantitative estimate of drug-likeness (QED) is 0.823. The Kier molecular flexibility index (Phi) is 5.16. The Bertz CT molecular complexity index is 707. The fraction of sp³-hybridized carbons (Fsp3) is 0.471. The van der Waals surface area contributed by atoms with Gasteiger partial charge >= 0.3 is 0 Å². The Morgan fingerprint density at radius 3 is 2.64 bits per heavy atom. The van der Waals surface area contributed by atoms with Crippen molar-refractivity contribution in [3.8, 4) is 6.07 Å². The van der Waals surface area contributed by atoms with Crippen molar-refractivity contribution < 1.29 is 4.79 Å². The fourth-order valence-electron chi connectivity index (χ4n) is 2.64. The second-order valence-corrected chi connectivity index (χ2v) is 5.19. The zero-order chi connectivity index (χ0) is 16.1. The van der Waals surface area contributed by atoms with E-state index in [1.807, 2.05) is 30.5 Å². The number of likely N-dealkylation sites (N-methyl/N-ethyl adjacent to an activating group) is 1. The van der Waals surface area contributed by atoms with Crippen LogP contribution in [0.2, 0.25) is 0 Å². The van der Waals surface area contributed by atoms with Crippen molar-refractivity contribution in [1.29, 1.82) is 5.26 Å². The molecule has 5 heteroatoms. The Morgan fingerprint density at radius 2 is 2.05 bits per heavy atom. The van der Waals surface area contributed by atoms with Gasteiger partial charge in [0, 0.05) is 13.1 Å². The van der Waals surface area contributed by atoms with Crippen LogP contribution in [0.1, 0.15) is 32.2 Å². The van der Waals surface area contributed by atoms with Gasteiger partial charge in [-0.15, -0.1) is 0 Å². The number of fused-ring (bicyclic) bond motifs is 1. The number of amides is 1. The van der Waals surface area contributed by atoms with E-state index in [9.17, 15) is 4.79 Å². The standard InChI is InChI=1S/C17H22N4O/c1-4-13-7-8-15-14(11-13)19-16(9-10-18)21(15)12-17(22)20(5-2)6-3/h7-8,11H,4-6,9,12H2,1-3H3. The maximum Gasteiger partial charge on any atom is 0.242 e. The third-order valence-corrected chi connectivity index (χ3v) is 3.95. The zero-order valence-corrected chi connectivity index (χ0v) is 13.5. The van der Waals surface area contributed by atoms with Gasteiger partial charge in [-0.05, 0) is 38.0 Å². The summed E-state index contributed by atoms with van der Waals surface area (Å²) in [5.74, 6) is 0.717. The number of imidazole rings is 1. The molecule has 0 bridgehead atoms. The molecule has 2 rings (SSSR count). The van der Waals surface area contributed by atoms with Crippen LogP contribution in [0.3, 0.4) is 0 Å². The molecule has 2 aromatic rings. The highest BCUT2D eigenvalue weighted by atomic mass is 16.2. The lowest BCUT2D eigenvalue weighted by Gasteiger charge is -2.19. The first-order chi connectivity index (χ1) is 10.6. The van der Waals surface area contributed by atoms with Crippen LogP contribution in [-0.4, -0.2) is 33.4 Å². The number of nitrogens with zero attached hydrogens (tertiary/aromatic N) is 4. The van der Waals surface area contributed by atoms with Gasteiger partial charge in [-0.1, -0.05) is 13.0 Å². The lowest BCUT2D eigenvalue weighted by Crippen LogP contribution is -2.33. The summed E-state index contributed by atoms with van der Waals surface area (Å²) in [6.07, 6.45) is 1.15. The second kappa shape index (κ2) is 7.08. The van der Waals surface area contributed by atoms with Crippen molar-refractivity contribution in [2.24, 2.45) is 0 Å². The summed E-state index contributed by atoms with van der Waals surface area (Å²) >= 11 is 0. The van der Waals surface area contributed by atoms with Crippen molar-refractivity contribution in [3.63, 3.8) is 0 Å². The van der Waals surface area contributed by atoms with Gasteiger partial charge in [-0.2, -0.15) is 5.26 Å². The fourth-order valence-corrected chi connectivity index (χ4v) is 2.64. The number of aryl methyl sites for hydroxylation is 1. The molecule has 0 aliphatic heterocycles. The van der Waals surface area contributed by atoms with Crippen LogP contribution in [0.25, 0.3) is 11.0 Å². The number of rotatable bonds is 6. The summed E-state index contributed by atoms with van der Waals surface area (Å²) in [6.45, 7) is 7.65. The minimum absolute atomic E-state index is 0.0584. The summed E-state index contributed by atoms with van der Waals surface area (Å²) in [5, 5.41) is 9.01. The van der Waals surface area contributed by atoms with E-state index in [1.54, 1.807) is 4.90 Å². The van der Waals surface area contributed by atoms with Gasteiger partial charge in [-0.3, -0.25) is 4.79 Å². The van der Waals surface area contributed by atoms with Crippen LogP contribution in [0.4, 0.5) is 0 Å². The molecule has 0 unspecified atom stereocenters. The summed E-state index contributed by atoms with van der Waals surface area (Å²) in [4.78, 5) is 18.7. The largest absolute Gasteiger partial charge is 0.342 e. The molecule has 0 saturated carbocycles. The van der Waals surface area contributed by atoms with E-state index in [4.69, 9.17) is 5.26 Å². The summed E-state index contributed by atoms with van der Waals surface area (Å²) in [7, 11) is 0. The lowest BCUT2D eigenvalue weighted by molar-refractivity contribution is -0.131. The topological polar surface area (TPSA) is 61.9 Å². The SMILES string of the molecule is CCc1ccc2c(c1)nc(CC#N)n2CC(=O)N(CC)CC. The van der Waals surface area contributed by atoms with E-state index in [0.29, 0.717) is 18.9 Å². The number of nitriles is 1. The highest BCUT2D eigenvalue weighted by Crippen LogP contribution is 2.19. The second-order valence-electron chi connectivity index (χ2n) is 5.19. The predicted octanol–water partition coefficient (Wildman–Crippen LogP) is 2.53. The molecule has 0 aliphatic carbocycles. The van der Waals surface area contributed by atoms with Crippen molar-refractivity contribution in [3.05, 3.63) is 29.6 Å². The van der Waals surface area contributed by atoms with Gasteiger partial charge in [0.15, 0.2) is 0 Å². The Hall–Kier alpha value is -2.35. The van der Waals surface area contributed by atoms with E-state index in [-0.39, 0.29) is 18.9 Å². The van der Waals surface area contributed by atoms with Gasteiger partial charge in [0.2, 0.25) is 5.91 Å². The number of hydrogen-bond donors (Lipinski definition) is 0. The Morgan fingerprint density at radius 1 is 1.32 bits per heavy atom. The average molecular weight is 298 g/mol. The summed E-state index contributed by atoms with van der Waals surface area (Å²) in [6, 6.07) is 8.22. The smallest absolute Gasteiger partial charge is 0.242 e. The van der Waals surface area contributed by atoms with Crippen molar-refractivity contribution in [2.45, 2.75) is 40.2 Å². The molecular weight excluding hydrogens is 276 g/mol. The molecule has 0 radical (unpaired) electrons. The zero-order valence-electron chi connectivity index (χ0n) is 13.5. The van der Waals surface area contributed by atoms with Gasteiger partial charge in [0.05, 0.1) is 23.5 Å².